The molecule has 1 heterocycles. The molecule has 0 unspecified atom stereocenters. The lowest BCUT2D eigenvalue weighted by Crippen LogP contribution is -2.16. The van der Waals surface area contributed by atoms with Gasteiger partial charge in [-0.15, -0.1) is 0 Å². The first-order valence-corrected chi connectivity index (χ1v) is 8.46. The summed E-state index contributed by atoms with van der Waals surface area (Å²) in [5.74, 6) is -0.278. The van der Waals surface area contributed by atoms with Crippen molar-refractivity contribution in [2.24, 2.45) is 0 Å². The topological polar surface area (TPSA) is 57.7 Å². The Morgan fingerprint density at radius 2 is 2.17 bits per heavy atom. The van der Waals surface area contributed by atoms with E-state index in [2.05, 4.69) is 4.98 Å². The summed E-state index contributed by atoms with van der Waals surface area (Å²) in [6.45, 7) is 1.86. The maximum Gasteiger partial charge on any atom is 0.344 e. The molecule has 0 bridgehead atoms. The summed E-state index contributed by atoms with van der Waals surface area (Å²) in [7, 11) is 0. The second-order valence-corrected chi connectivity index (χ2v) is 6.12. The fourth-order valence-electron chi connectivity index (χ4n) is 1.76. The third-order valence-corrected chi connectivity index (χ3v) is 3.96. The van der Waals surface area contributed by atoms with Crippen molar-refractivity contribution in [3.05, 3.63) is 50.4 Å². The highest BCUT2D eigenvalue weighted by molar-refractivity contribution is 14.1. The molecule has 0 amide bonds. The molecule has 0 fully saturated rings. The number of pyridine rings is 1. The minimum absolute atomic E-state index is 0.105. The number of esters is 1. The lowest BCUT2D eigenvalue weighted by molar-refractivity contribution is -0.145. The molecule has 0 aliphatic rings. The fourth-order valence-corrected chi connectivity index (χ4v) is 2.41. The molecule has 0 N–H and O–H groups in total. The van der Waals surface area contributed by atoms with Crippen molar-refractivity contribution < 1.29 is 23.4 Å². The number of nitrogens with zero attached hydrogens (tertiary/aromatic N) is 1. The molecule has 0 radical (unpaired) electrons. The van der Waals surface area contributed by atoms with Gasteiger partial charge >= 0.3 is 5.97 Å². The molecule has 128 valence electrons. The summed E-state index contributed by atoms with van der Waals surface area (Å²) < 4.78 is 29.6. The first kappa shape index (κ1) is 18.7. The van der Waals surface area contributed by atoms with E-state index in [0.29, 0.717) is 14.9 Å². The van der Waals surface area contributed by atoms with Crippen molar-refractivity contribution >= 4 is 40.2 Å². The van der Waals surface area contributed by atoms with Gasteiger partial charge in [0.05, 0.1) is 20.8 Å². The predicted molar refractivity (Wildman–Crippen MR) is 94.8 cm³/mol. The maximum atomic E-state index is 13.4. The zero-order valence-corrected chi connectivity index (χ0v) is 15.6. The lowest BCUT2D eigenvalue weighted by Gasteiger charge is -2.12. The predicted octanol–water partition coefficient (Wildman–Crippen LogP) is 4.00. The average molecular weight is 466 g/mol. The van der Waals surface area contributed by atoms with Crippen LogP contribution in [0.2, 0.25) is 5.02 Å². The van der Waals surface area contributed by atoms with Gasteiger partial charge in [0.1, 0.15) is 18.2 Å². The second kappa shape index (κ2) is 9.03. The number of aromatic nitrogens is 1. The summed E-state index contributed by atoms with van der Waals surface area (Å²) in [5, 5.41) is 0.172. The minimum atomic E-state index is -0.480. The van der Waals surface area contributed by atoms with Gasteiger partial charge in [-0.2, -0.15) is 0 Å². The molecular weight excluding hydrogens is 452 g/mol. The van der Waals surface area contributed by atoms with Crippen molar-refractivity contribution in [3.8, 4) is 11.6 Å². The Morgan fingerprint density at radius 3 is 2.92 bits per heavy atom. The highest BCUT2D eigenvalue weighted by Crippen LogP contribution is 2.29. The van der Waals surface area contributed by atoms with Crippen LogP contribution in [-0.4, -0.2) is 24.2 Å². The van der Waals surface area contributed by atoms with Crippen molar-refractivity contribution in [1.82, 2.24) is 4.98 Å². The molecule has 0 saturated heterocycles. The van der Waals surface area contributed by atoms with Crippen LogP contribution in [0.5, 0.6) is 11.6 Å². The number of rotatable bonds is 7. The van der Waals surface area contributed by atoms with Crippen molar-refractivity contribution in [2.45, 2.75) is 13.5 Å². The normalized spacial score (nSPS) is 10.3. The molecule has 8 heteroatoms. The van der Waals surface area contributed by atoms with E-state index >= 15 is 0 Å². The van der Waals surface area contributed by atoms with Crippen LogP contribution in [0.15, 0.2) is 30.5 Å². The van der Waals surface area contributed by atoms with Gasteiger partial charge in [0, 0.05) is 6.20 Å². The van der Waals surface area contributed by atoms with Gasteiger partial charge < -0.3 is 14.2 Å². The first-order chi connectivity index (χ1) is 11.5. The summed E-state index contributed by atoms with van der Waals surface area (Å²) >= 11 is 7.82. The highest BCUT2D eigenvalue weighted by atomic mass is 127. The SMILES string of the molecule is CCOC(=O)COc1ncccc1COc1cc(I)c(F)cc1Cl. The Hall–Kier alpha value is -1.61. The summed E-state index contributed by atoms with van der Waals surface area (Å²) in [6, 6.07) is 6.16. The van der Waals surface area contributed by atoms with Crippen LogP contribution in [-0.2, 0) is 16.1 Å². The molecule has 0 aliphatic carbocycles. The molecule has 0 aliphatic heterocycles. The van der Waals surface area contributed by atoms with Crippen LogP contribution in [0.4, 0.5) is 4.39 Å². The zero-order chi connectivity index (χ0) is 17.5. The van der Waals surface area contributed by atoms with E-state index in [1.165, 1.54) is 18.3 Å². The van der Waals surface area contributed by atoms with Gasteiger partial charge in [0.2, 0.25) is 5.88 Å². The number of hydrogen-bond donors (Lipinski definition) is 0. The van der Waals surface area contributed by atoms with Crippen LogP contribution < -0.4 is 9.47 Å². The monoisotopic (exact) mass is 465 g/mol. The van der Waals surface area contributed by atoms with Crippen LogP contribution >= 0.6 is 34.2 Å². The Bertz CT molecular complexity index is 729. The second-order valence-electron chi connectivity index (χ2n) is 4.55. The van der Waals surface area contributed by atoms with E-state index in [1.54, 1.807) is 19.1 Å². The van der Waals surface area contributed by atoms with E-state index in [1.807, 2.05) is 22.6 Å². The number of benzene rings is 1. The number of carbonyl (C=O) groups is 1. The summed E-state index contributed by atoms with van der Waals surface area (Å²) in [6.07, 6.45) is 1.54. The Balaban J connectivity index is 2.05. The largest absolute Gasteiger partial charge is 0.487 e. The molecule has 0 saturated carbocycles. The minimum Gasteiger partial charge on any atom is -0.487 e. The zero-order valence-electron chi connectivity index (χ0n) is 12.7. The van der Waals surface area contributed by atoms with Crippen LogP contribution in [0.25, 0.3) is 0 Å². The van der Waals surface area contributed by atoms with Gasteiger partial charge in [-0.1, -0.05) is 11.6 Å². The van der Waals surface area contributed by atoms with Gasteiger partial charge in [-0.05, 0) is 53.8 Å². The molecule has 2 rings (SSSR count). The van der Waals surface area contributed by atoms with E-state index in [4.69, 9.17) is 25.8 Å². The van der Waals surface area contributed by atoms with Gasteiger partial charge in [-0.25, -0.2) is 14.2 Å². The van der Waals surface area contributed by atoms with Crippen molar-refractivity contribution in [3.63, 3.8) is 0 Å². The van der Waals surface area contributed by atoms with Gasteiger partial charge in [0.25, 0.3) is 0 Å². The molecule has 2 aromatic rings. The third kappa shape index (κ3) is 5.20. The lowest BCUT2D eigenvalue weighted by atomic mass is 10.3. The quantitative estimate of drug-likeness (QED) is 0.351. The third-order valence-electron chi connectivity index (χ3n) is 2.84. The number of hydrogen-bond acceptors (Lipinski definition) is 5. The summed E-state index contributed by atoms with van der Waals surface area (Å²) in [5.41, 5.74) is 0.622. The van der Waals surface area contributed by atoms with Crippen LogP contribution in [0.1, 0.15) is 12.5 Å². The Kier molecular flexibility index (Phi) is 7.04. The number of carbonyl (C=O) groups excluding carboxylic acids is 1. The first-order valence-electron chi connectivity index (χ1n) is 7.01. The van der Waals surface area contributed by atoms with E-state index < -0.39 is 11.8 Å². The van der Waals surface area contributed by atoms with E-state index in [-0.39, 0.29) is 30.7 Å². The summed E-state index contributed by atoms with van der Waals surface area (Å²) in [4.78, 5) is 15.4. The number of ether oxygens (including phenoxy) is 3. The van der Waals surface area contributed by atoms with Crippen molar-refractivity contribution in [1.29, 1.82) is 0 Å². The van der Waals surface area contributed by atoms with Crippen molar-refractivity contribution in [2.75, 3.05) is 13.2 Å². The molecule has 1 aromatic carbocycles. The van der Waals surface area contributed by atoms with Crippen LogP contribution in [0.3, 0.4) is 0 Å². The molecule has 0 spiro atoms. The van der Waals surface area contributed by atoms with E-state index in [0.717, 1.165) is 0 Å². The number of halogens is 3. The Labute approximate surface area is 157 Å². The van der Waals surface area contributed by atoms with E-state index in [9.17, 15) is 9.18 Å². The average Bonchev–Trinajstić information content (AvgIpc) is 2.56. The van der Waals surface area contributed by atoms with Crippen LogP contribution in [0, 0.1) is 9.39 Å². The molecular formula is C16H14ClFINO4. The fraction of sp³-hybridized carbons (Fsp3) is 0.250. The molecule has 1 aromatic heterocycles. The smallest absolute Gasteiger partial charge is 0.344 e. The Morgan fingerprint density at radius 1 is 1.38 bits per heavy atom. The van der Waals surface area contributed by atoms with Gasteiger partial charge in [-0.3, -0.25) is 0 Å². The standard InChI is InChI=1S/C16H14ClFINO4/c1-2-22-15(21)9-24-16-10(4-3-5-20-16)8-23-14-7-13(19)12(18)6-11(14)17/h3-7H,2,8-9H2,1H3. The molecule has 5 nitrogen and oxygen atoms in total. The maximum absolute atomic E-state index is 13.4. The van der Waals surface area contributed by atoms with Gasteiger partial charge in [0.15, 0.2) is 6.61 Å². The molecule has 0 atom stereocenters. The molecule has 24 heavy (non-hydrogen) atoms. The highest BCUT2D eigenvalue weighted by Gasteiger charge is 2.12.